The van der Waals surface area contributed by atoms with Crippen LogP contribution in [0.4, 0.5) is 0 Å². The summed E-state index contributed by atoms with van der Waals surface area (Å²) in [4.78, 5) is 23.5. The van der Waals surface area contributed by atoms with E-state index in [1.807, 2.05) is 13.8 Å². The van der Waals surface area contributed by atoms with Gasteiger partial charge in [-0.2, -0.15) is 0 Å². The van der Waals surface area contributed by atoms with Gasteiger partial charge in [0, 0.05) is 24.1 Å². The molecule has 1 heterocycles. The Balaban J connectivity index is 2.37. The highest BCUT2D eigenvalue weighted by atomic mass is 32.1. The number of hydrogen-bond donors (Lipinski definition) is 2. The molecule has 0 bridgehead atoms. The molecule has 0 aliphatic rings. The minimum absolute atomic E-state index is 0.0278. The van der Waals surface area contributed by atoms with Crippen LogP contribution in [0.1, 0.15) is 53.6 Å². The average Bonchev–Trinajstić information content (AvgIpc) is 2.84. The molecular formula is C14H21NO3S. The first-order valence-corrected chi connectivity index (χ1v) is 7.22. The Hall–Kier alpha value is -1.20. The van der Waals surface area contributed by atoms with Crippen molar-refractivity contribution in [2.45, 2.75) is 33.6 Å². The lowest BCUT2D eigenvalue weighted by Crippen LogP contribution is -2.25. The number of hydrogen-bond acceptors (Lipinski definition) is 4. The van der Waals surface area contributed by atoms with E-state index in [1.54, 1.807) is 11.4 Å². The monoisotopic (exact) mass is 283 g/mol. The molecule has 0 aliphatic heterocycles. The van der Waals surface area contributed by atoms with Gasteiger partial charge in [-0.1, -0.05) is 13.8 Å². The van der Waals surface area contributed by atoms with Crippen molar-refractivity contribution in [3.63, 3.8) is 0 Å². The Morgan fingerprint density at radius 2 is 2.11 bits per heavy atom. The molecule has 106 valence electrons. The molecule has 0 aliphatic carbocycles. The molecule has 0 saturated carbocycles. The Bertz CT molecular complexity index is 451. The van der Waals surface area contributed by atoms with Gasteiger partial charge in [-0.3, -0.25) is 9.59 Å². The largest absolute Gasteiger partial charge is 0.396 e. The number of carbonyl (C=O) groups excluding carboxylic acids is 2. The molecule has 0 radical (unpaired) electrons. The quantitative estimate of drug-likeness (QED) is 0.597. The summed E-state index contributed by atoms with van der Waals surface area (Å²) in [6, 6.07) is 1.62. The summed E-state index contributed by atoms with van der Waals surface area (Å²) in [6.45, 7) is 6.20. The van der Waals surface area contributed by atoms with E-state index in [-0.39, 0.29) is 23.7 Å². The van der Waals surface area contributed by atoms with Crippen LogP contribution in [0, 0.1) is 5.41 Å². The van der Waals surface area contributed by atoms with Gasteiger partial charge in [-0.25, -0.2) is 0 Å². The Labute approximate surface area is 117 Å². The van der Waals surface area contributed by atoms with Crippen molar-refractivity contribution in [2.75, 3.05) is 13.2 Å². The summed E-state index contributed by atoms with van der Waals surface area (Å²) in [5.74, 6) is -0.167. The number of aliphatic hydroxyl groups excluding tert-OH is 1. The molecule has 0 spiro atoms. The third-order valence-electron chi connectivity index (χ3n) is 2.97. The smallest absolute Gasteiger partial charge is 0.261 e. The molecule has 19 heavy (non-hydrogen) atoms. The van der Waals surface area contributed by atoms with Gasteiger partial charge < -0.3 is 10.4 Å². The summed E-state index contributed by atoms with van der Waals surface area (Å²) in [7, 11) is 0. The number of carbonyl (C=O) groups is 2. The van der Waals surface area contributed by atoms with Gasteiger partial charge in [0.1, 0.15) is 0 Å². The maximum atomic E-state index is 11.8. The molecule has 5 heteroatoms. The second-order valence-electron chi connectivity index (χ2n) is 5.44. The SMILES string of the molecule is CC(=O)c1csc(C(=O)NCCCC(C)(C)CO)c1. The number of amides is 1. The molecule has 0 fully saturated rings. The summed E-state index contributed by atoms with van der Waals surface area (Å²) in [6.07, 6.45) is 1.68. The van der Waals surface area contributed by atoms with Gasteiger partial charge in [0.25, 0.3) is 5.91 Å². The highest BCUT2D eigenvalue weighted by molar-refractivity contribution is 7.12. The lowest BCUT2D eigenvalue weighted by atomic mass is 9.89. The molecule has 4 nitrogen and oxygen atoms in total. The van der Waals surface area contributed by atoms with Gasteiger partial charge in [-0.05, 0) is 31.2 Å². The predicted octanol–water partition coefficient (Wildman–Crippen LogP) is 2.48. The van der Waals surface area contributed by atoms with Crippen LogP contribution in [0.2, 0.25) is 0 Å². The van der Waals surface area contributed by atoms with Crippen molar-refractivity contribution in [2.24, 2.45) is 5.41 Å². The van der Waals surface area contributed by atoms with E-state index in [0.717, 1.165) is 12.8 Å². The Morgan fingerprint density at radius 3 is 2.63 bits per heavy atom. The molecule has 1 aromatic heterocycles. The number of Topliss-reactive ketones (excluding diaryl/α,β-unsaturated/α-hetero) is 1. The lowest BCUT2D eigenvalue weighted by Gasteiger charge is -2.21. The van der Waals surface area contributed by atoms with Crippen molar-refractivity contribution in [1.29, 1.82) is 0 Å². The molecular weight excluding hydrogens is 262 g/mol. The van der Waals surface area contributed by atoms with Gasteiger partial charge in [0.15, 0.2) is 5.78 Å². The van der Waals surface area contributed by atoms with Crippen LogP contribution in [0.3, 0.4) is 0 Å². The third kappa shape index (κ3) is 5.12. The van der Waals surface area contributed by atoms with E-state index in [2.05, 4.69) is 5.32 Å². The first kappa shape index (κ1) is 15.9. The average molecular weight is 283 g/mol. The maximum absolute atomic E-state index is 11.8. The van der Waals surface area contributed by atoms with Crippen molar-refractivity contribution >= 4 is 23.0 Å². The van der Waals surface area contributed by atoms with Gasteiger partial charge in [0.2, 0.25) is 0 Å². The van der Waals surface area contributed by atoms with Gasteiger partial charge in [-0.15, -0.1) is 11.3 Å². The molecule has 0 aromatic carbocycles. The van der Waals surface area contributed by atoms with Crippen LogP contribution >= 0.6 is 11.3 Å². The van der Waals surface area contributed by atoms with E-state index in [9.17, 15) is 9.59 Å². The molecule has 0 unspecified atom stereocenters. The second-order valence-corrected chi connectivity index (χ2v) is 6.35. The van der Waals surface area contributed by atoms with E-state index in [4.69, 9.17) is 5.11 Å². The zero-order valence-corrected chi connectivity index (χ0v) is 12.5. The van der Waals surface area contributed by atoms with Crippen LogP contribution in [-0.4, -0.2) is 29.9 Å². The Morgan fingerprint density at radius 1 is 1.42 bits per heavy atom. The van der Waals surface area contributed by atoms with Crippen LogP contribution in [0.5, 0.6) is 0 Å². The van der Waals surface area contributed by atoms with Gasteiger partial charge in [0.05, 0.1) is 4.88 Å². The minimum atomic E-state index is -0.140. The summed E-state index contributed by atoms with van der Waals surface area (Å²) < 4.78 is 0. The van der Waals surface area contributed by atoms with E-state index in [1.165, 1.54) is 18.3 Å². The molecule has 1 rings (SSSR count). The van der Waals surface area contributed by atoms with Crippen LogP contribution < -0.4 is 5.32 Å². The molecule has 0 atom stereocenters. The predicted molar refractivity (Wildman–Crippen MR) is 76.8 cm³/mol. The fraction of sp³-hybridized carbons (Fsp3) is 0.571. The number of thiophene rings is 1. The zero-order valence-electron chi connectivity index (χ0n) is 11.7. The fourth-order valence-corrected chi connectivity index (χ4v) is 2.44. The molecule has 2 N–H and O–H groups in total. The zero-order chi connectivity index (χ0) is 14.5. The second kappa shape index (κ2) is 6.82. The summed E-state index contributed by atoms with van der Waals surface area (Å²) in [5, 5.41) is 13.6. The summed E-state index contributed by atoms with van der Waals surface area (Å²) in [5.41, 5.74) is 0.478. The van der Waals surface area contributed by atoms with E-state index < -0.39 is 0 Å². The van der Waals surface area contributed by atoms with E-state index >= 15 is 0 Å². The lowest BCUT2D eigenvalue weighted by molar-refractivity contribution is 0.0952. The van der Waals surface area contributed by atoms with Crippen LogP contribution in [0.25, 0.3) is 0 Å². The number of rotatable bonds is 7. The topological polar surface area (TPSA) is 66.4 Å². The van der Waals surface area contributed by atoms with Crippen molar-refractivity contribution in [3.05, 3.63) is 21.9 Å². The van der Waals surface area contributed by atoms with Crippen molar-refractivity contribution in [3.8, 4) is 0 Å². The van der Waals surface area contributed by atoms with Crippen molar-refractivity contribution < 1.29 is 14.7 Å². The first-order valence-electron chi connectivity index (χ1n) is 6.34. The number of aliphatic hydroxyl groups is 1. The summed E-state index contributed by atoms with van der Waals surface area (Å²) >= 11 is 1.28. The van der Waals surface area contributed by atoms with Gasteiger partial charge >= 0.3 is 0 Å². The highest BCUT2D eigenvalue weighted by Gasteiger charge is 2.16. The Kier molecular flexibility index (Phi) is 5.69. The van der Waals surface area contributed by atoms with Crippen LogP contribution in [-0.2, 0) is 0 Å². The van der Waals surface area contributed by atoms with Crippen molar-refractivity contribution in [1.82, 2.24) is 5.32 Å². The molecule has 1 aromatic rings. The fourth-order valence-electron chi connectivity index (χ4n) is 1.57. The number of nitrogens with one attached hydrogen (secondary N) is 1. The third-order valence-corrected chi connectivity index (χ3v) is 3.90. The molecule has 1 amide bonds. The normalized spacial score (nSPS) is 11.4. The first-order chi connectivity index (χ1) is 8.85. The van der Waals surface area contributed by atoms with E-state index in [0.29, 0.717) is 17.0 Å². The number of ketones is 1. The standard InChI is InChI=1S/C14H21NO3S/c1-10(17)11-7-12(19-8-11)13(18)15-6-4-5-14(2,3)9-16/h7-8,16H,4-6,9H2,1-3H3,(H,15,18). The van der Waals surface area contributed by atoms with Crippen LogP contribution in [0.15, 0.2) is 11.4 Å². The molecule has 0 saturated heterocycles. The highest BCUT2D eigenvalue weighted by Crippen LogP contribution is 2.20. The maximum Gasteiger partial charge on any atom is 0.261 e. The minimum Gasteiger partial charge on any atom is -0.396 e.